The summed E-state index contributed by atoms with van der Waals surface area (Å²) in [6.45, 7) is 2.66. The fourth-order valence-electron chi connectivity index (χ4n) is 3.51. The first-order valence-electron chi connectivity index (χ1n) is 8.63. The van der Waals surface area contributed by atoms with Crippen LogP contribution in [0.15, 0.2) is 30.7 Å². The summed E-state index contributed by atoms with van der Waals surface area (Å²) in [5.74, 6) is 0.583. The van der Waals surface area contributed by atoms with Crippen molar-refractivity contribution < 1.29 is 4.79 Å². The van der Waals surface area contributed by atoms with E-state index in [1.807, 2.05) is 25.3 Å². The van der Waals surface area contributed by atoms with Gasteiger partial charge in [0.15, 0.2) is 5.82 Å². The quantitative estimate of drug-likeness (QED) is 0.622. The van der Waals surface area contributed by atoms with Crippen molar-refractivity contribution in [3.05, 3.63) is 42.0 Å². The lowest BCUT2D eigenvalue weighted by Gasteiger charge is -2.21. The third-order valence-corrected chi connectivity index (χ3v) is 5.44. The molecule has 132 valence electrons. The Labute approximate surface area is 155 Å². The average Bonchev–Trinajstić information content (AvgIpc) is 3.08. The van der Waals surface area contributed by atoms with E-state index in [1.54, 1.807) is 17.1 Å². The van der Waals surface area contributed by atoms with Gasteiger partial charge < -0.3 is 10.3 Å². The van der Waals surface area contributed by atoms with Crippen molar-refractivity contribution in [1.29, 1.82) is 0 Å². The molecule has 2 aliphatic rings. The molecule has 0 unspecified atom stereocenters. The monoisotopic (exact) mass is 366 g/mol. The highest BCUT2D eigenvalue weighted by Crippen LogP contribution is 2.50. The molecule has 1 saturated carbocycles. The molecule has 1 aliphatic carbocycles. The van der Waals surface area contributed by atoms with Crippen LogP contribution >= 0.6 is 12.6 Å². The van der Waals surface area contributed by atoms with Crippen molar-refractivity contribution in [3.8, 4) is 22.8 Å². The summed E-state index contributed by atoms with van der Waals surface area (Å²) < 4.78 is 1.75. The molecule has 5 rings (SSSR count). The van der Waals surface area contributed by atoms with Crippen molar-refractivity contribution >= 4 is 18.5 Å². The van der Waals surface area contributed by atoms with Crippen LogP contribution in [0.2, 0.25) is 0 Å². The Bertz CT molecular complexity index is 1020. The van der Waals surface area contributed by atoms with Gasteiger partial charge in [-0.05, 0) is 31.9 Å². The molecule has 7 nitrogen and oxygen atoms in total. The van der Waals surface area contributed by atoms with Crippen molar-refractivity contribution in [1.82, 2.24) is 30.0 Å². The lowest BCUT2D eigenvalue weighted by atomic mass is 9.95. The van der Waals surface area contributed by atoms with Gasteiger partial charge in [-0.25, -0.2) is 9.97 Å². The molecule has 2 N–H and O–H groups in total. The number of H-pyrrole nitrogens is 1. The third-order valence-electron chi connectivity index (χ3n) is 5.21. The number of carbonyl (C=O) groups excluding carboxylic acids is 1. The normalized spacial score (nSPS) is 18.5. The van der Waals surface area contributed by atoms with Gasteiger partial charge in [-0.1, -0.05) is 0 Å². The van der Waals surface area contributed by atoms with Crippen LogP contribution in [0.25, 0.3) is 22.8 Å². The number of fused-ring (bicyclic) bond motifs is 2. The van der Waals surface area contributed by atoms with Crippen LogP contribution in [0.4, 0.5) is 0 Å². The molecule has 1 fully saturated rings. The molecule has 0 saturated heterocycles. The molecule has 1 atom stereocenters. The van der Waals surface area contributed by atoms with Crippen molar-refractivity contribution in [3.63, 3.8) is 0 Å². The van der Waals surface area contributed by atoms with E-state index in [4.69, 9.17) is 0 Å². The Morgan fingerprint density at radius 1 is 1.38 bits per heavy atom. The maximum Gasteiger partial charge on any atom is 0.253 e. The van der Waals surface area contributed by atoms with Crippen LogP contribution in [0.5, 0.6) is 0 Å². The number of aromatic amines is 1. The zero-order chi connectivity index (χ0) is 17.9. The van der Waals surface area contributed by atoms with Crippen molar-refractivity contribution in [2.45, 2.75) is 30.6 Å². The topological polar surface area (TPSA) is 88.5 Å². The van der Waals surface area contributed by atoms with Crippen LogP contribution in [0.1, 0.15) is 41.2 Å². The first-order chi connectivity index (χ1) is 12.6. The van der Waals surface area contributed by atoms with Gasteiger partial charge in [-0.3, -0.25) is 9.48 Å². The van der Waals surface area contributed by atoms with Gasteiger partial charge in [0.05, 0.1) is 34.1 Å². The predicted molar refractivity (Wildman–Crippen MR) is 100.0 cm³/mol. The van der Waals surface area contributed by atoms with Crippen LogP contribution in [0.3, 0.4) is 0 Å². The molecule has 4 heterocycles. The first-order valence-corrected chi connectivity index (χ1v) is 9.15. The highest BCUT2D eigenvalue weighted by molar-refractivity contribution is 7.80. The molecule has 0 radical (unpaired) electrons. The molecule has 1 aliphatic heterocycles. The third kappa shape index (κ3) is 2.36. The largest absolute Gasteiger partial charge is 0.356 e. The SMILES string of the molecule is C[C@H](S)n1cc(-c2nccc(-c3cc4c([nH]3)C3(CC3)CNC4=O)n2)cn1. The molecule has 3 aromatic heterocycles. The van der Waals surface area contributed by atoms with Crippen LogP contribution in [-0.4, -0.2) is 37.2 Å². The van der Waals surface area contributed by atoms with Gasteiger partial charge in [0.25, 0.3) is 5.91 Å². The van der Waals surface area contributed by atoms with Crippen LogP contribution < -0.4 is 5.32 Å². The van der Waals surface area contributed by atoms with E-state index in [-0.39, 0.29) is 16.7 Å². The van der Waals surface area contributed by atoms with Gasteiger partial charge in [0.1, 0.15) is 0 Å². The molecular formula is C18H18N6OS. The second-order valence-electron chi connectivity index (χ2n) is 7.04. The van der Waals surface area contributed by atoms with Crippen LogP contribution in [0, 0.1) is 0 Å². The fourth-order valence-corrected chi connectivity index (χ4v) is 3.63. The zero-order valence-electron chi connectivity index (χ0n) is 14.2. The smallest absolute Gasteiger partial charge is 0.253 e. The molecule has 1 spiro atoms. The number of nitrogens with zero attached hydrogens (tertiary/aromatic N) is 4. The number of carbonyl (C=O) groups is 1. The van der Waals surface area contributed by atoms with Gasteiger partial charge >= 0.3 is 0 Å². The highest BCUT2D eigenvalue weighted by atomic mass is 32.1. The Morgan fingerprint density at radius 2 is 2.23 bits per heavy atom. The van der Waals surface area contributed by atoms with E-state index < -0.39 is 0 Å². The summed E-state index contributed by atoms with van der Waals surface area (Å²) in [6, 6.07) is 3.75. The molecule has 0 aromatic carbocycles. The predicted octanol–water partition coefficient (Wildman–Crippen LogP) is 2.56. The number of aromatic nitrogens is 5. The summed E-state index contributed by atoms with van der Waals surface area (Å²) in [5.41, 5.74) is 4.33. The summed E-state index contributed by atoms with van der Waals surface area (Å²) in [7, 11) is 0. The maximum atomic E-state index is 12.2. The number of amides is 1. The second-order valence-corrected chi connectivity index (χ2v) is 7.79. The lowest BCUT2D eigenvalue weighted by Crippen LogP contribution is -2.38. The molecule has 8 heteroatoms. The van der Waals surface area contributed by atoms with E-state index >= 15 is 0 Å². The number of thiol groups is 1. The number of rotatable bonds is 3. The van der Waals surface area contributed by atoms with Gasteiger partial charge in [0, 0.05) is 30.0 Å². The lowest BCUT2D eigenvalue weighted by molar-refractivity contribution is 0.0937. The van der Waals surface area contributed by atoms with E-state index in [1.165, 1.54) is 0 Å². The zero-order valence-corrected chi connectivity index (χ0v) is 15.1. The minimum atomic E-state index is -0.0182. The Hall–Kier alpha value is -2.61. The van der Waals surface area contributed by atoms with Gasteiger partial charge in [0.2, 0.25) is 0 Å². The van der Waals surface area contributed by atoms with E-state index in [2.05, 4.69) is 38.0 Å². The fraction of sp³-hybridized carbons (Fsp3) is 0.333. The minimum absolute atomic E-state index is 0.0154. The Balaban J connectivity index is 1.54. The van der Waals surface area contributed by atoms with E-state index in [9.17, 15) is 4.79 Å². The molecular weight excluding hydrogens is 348 g/mol. The standard InChI is InChI=1S/C18H18N6OS/c1-10(26)24-8-11(7-21-24)16-19-5-2-13(23-16)14-6-12-15(22-14)18(3-4-18)9-20-17(12)25/h2,5-8,10,22,26H,3-4,9H2,1H3,(H,20,25)/t10-/m0/s1. The second kappa shape index (κ2) is 5.44. The maximum absolute atomic E-state index is 12.2. The number of hydrogen-bond donors (Lipinski definition) is 3. The molecule has 1 amide bonds. The Morgan fingerprint density at radius 3 is 2.96 bits per heavy atom. The van der Waals surface area contributed by atoms with Gasteiger partial charge in [-0.15, -0.1) is 0 Å². The number of hydrogen-bond acceptors (Lipinski definition) is 5. The summed E-state index contributed by atoms with van der Waals surface area (Å²) >= 11 is 4.38. The van der Waals surface area contributed by atoms with Gasteiger partial charge in [-0.2, -0.15) is 17.7 Å². The summed E-state index contributed by atoms with van der Waals surface area (Å²) in [6.07, 6.45) is 7.56. The number of nitrogens with one attached hydrogen (secondary N) is 2. The van der Waals surface area contributed by atoms with Crippen molar-refractivity contribution in [2.75, 3.05) is 6.54 Å². The molecule has 26 heavy (non-hydrogen) atoms. The average molecular weight is 366 g/mol. The summed E-state index contributed by atoms with van der Waals surface area (Å²) in [4.78, 5) is 24.7. The Kier molecular flexibility index (Phi) is 3.27. The summed E-state index contributed by atoms with van der Waals surface area (Å²) in [5, 5.41) is 7.26. The molecule has 3 aromatic rings. The van der Waals surface area contributed by atoms with Crippen LogP contribution in [-0.2, 0) is 5.41 Å². The molecule has 0 bridgehead atoms. The first kappa shape index (κ1) is 15.6. The van der Waals surface area contributed by atoms with Crippen molar-refractivity contribution in [2.24, 2.45) is 0 Å². The minimum Gasteiger partial charge on any atom is -0.356 e. The van der Waals surface area contributed by atoms with E-state index in [0.717, 1.165) is 47.6 Å². The van der Waals surface area contributed by atoms with E-state index in [0.29, 0.717) is 5.82 Å². The highest BCUT2D eigenvalue weighted by Gasteiger charge is 2.50.